The highest BCUT2D eigenvalue weighted by Crippen LogP contribution is 2.22. The van der Waals surface area contributed by atoms with Crippen molar-refractivity contribution < 1.29 is 14.6 Å². The highest BCUT2D eigenvalue weighted by atomic mass is 32.2. The van der Waals surface area contributed by atoms with Gasteiger partial charge in [0.1, 0.15) is 10.6 Å². The molecule has 0 saturated carbocycles. The van der Waals surface area contributed by atoms with E-state index in [0.29, 0.717) is 10.7 Å². The molecule has 6 heteroatoms. The lowest BCUT2D eigenvalue weighted by atomic mass is 10.2. The number of carbonyl (C=O) groups is 1. The maximum absolute atomic E-state index is 10.9. The average molecular weight is 214 g/mol. The first-order chi connectivity index (χ1) is 6.60. The normalized spacial score (nSPS) is 9.93. The number of hydrogen-bond donors (Lipinski definition) is 1. The van der Waals surface area contributed by atoms with Crippen LogP contribution in [0.3, 0.4) is 0 Å². The molecule has 0 bridgehead atoms. The minimum Gasteiger partial charge on any atom is -0.478 e. The van der Waals surface area contributed by atoms with Crippen LogP contribution in [0.25, 0.3) is 0 Å². The molecule has 14 heavy (non-hydrogen) atoms. The fraction of sp³-hybridized carbons (Fsp3) is 0.375. The Morgan fingerprint density at radius 1 is 1.50 bits per heavy atom. The zero-order chi connectivity index (χ0) is 10.7. The number of rotatable bonds is 3. The maximum Gasteiger partial charge on any atom is 0.340 e. The van der Waals surface area contributed by atoms with Gasteiger partial charge in [0.2, 0.25) is 0 Å². The molecule has 0 amide bonds. The van der Waals surface area contributed by atoms with Crippen molar-refractivity contribution in [2.45, 2.75) is 11.9 Å². The van der Waals surface area contributed by atoms with Crippen molar-refractivity contribution >= 4 is 17.7 Å². The van der Waals surface area contributed by atoms with Gasteiger partial charge in [-0.2, -0.15) is 9.97 Å². The van der Waals surface area contributed by atoms with Crippen LogP contribution < -0.4 is 4.74 Å². The Bertz CT molecular complexity index is 368. The molecule has 1 heterocycles. The molecule has 0 aliphatic carbocycles. The summed E-state index contributed by atoms with van der Waals surface area (Å²) in [5.41, 5.74) is 0.548. The standard InChI is InChI=1S/C8H10N2O3S/c1-4-5(7(11)12)6(14-3)10-8(9-4)13-2/h1-3H3,(H,11,12). The summed E-state index contributed by atoms with van der Waals surface area (Å²) >= 11 is 1.26. The third-order valence-corrected chi connectivity index (χ3v) is 2.31. The maximum atomic E-state index is 10.9. The molecule has 1 aromatic rings. The number of ether oxygens (including phenoxy) is 1. The monoisotopic (exact) mass is 214 g/mol. The number of thioether (sulfide) groups is 1. The topological polar surface area (TPSA) is 72.3 Å². The van der Waals surface area contributed by atoms with Crippen LogP contribution in [0.15, 0.2) is 5.03 Å². The molecule has 0 unspecified atom stereocenters. The van der Waals surface area contributed by atoms with Crippen molar-refractivity contribution in [1.82, 2.24) is 9.97 Å². The Morgan fingerprint density at radius 2 is 2.14 bits per heavy atom. The quantitative estimate of drug-likeness (QED) is 0.602. The second-order valence-corrected chi connectivity index (χ2v) is 3.28. The van der Waals surface area contributed by atoms with Crippen molar-refractivity contribution in [3.05, 3.63) is 11.3 Å². The molecule has 0 radical (unpaired) electrons. The molecule has 1 aromatic heterocycles. The molecule has 0 spiro atoms. The van der Waals surface area contributed by atoms with Gasteiger partial charge in [0.05, 0.1) is 12.8 Å². The van der Waals surface area contributed by atoms with Gasteiger partial charge in [0.25, 0.3) is 0 Å². The summed E-state index contributed by atoms with van der Waals surface area (Å²) in [6, 6.07) is 0.192. The minimum absolute atomic E-state index is 0.137. The highest BCUT2D eigenvalue weighted by molar-refractivity contribution is 7.98. The third-order valence-electron chi connectivity index (χ3n) is 1.63. The summed E-state index contributed by atoms with van der Waals surface area (Å²) in [7, 11) is 1.44. The van der Waals surface area contributed by atoms with Crippen LogP contribution in [-0.4, -0.2) is 34.4 Å². The van der Waals surface area contributed by atoms with Crippen LogP contribution in [-0.2, 0) is 0 Å². The van der Waals surface area contributed by atoms with E-state index < -0.39 is 5.97 Å². The van der Waals surface area contributed by atoms with Crippen molar-refractivity contribution in [3.63, 3.8) is 0 Å². The van der Waals surface area contributed by atoms with Gasteiger partial charge in [-0.15, -0.1) is 11.8 Å². The van der Waals surface area contributed by atoms with Gasteiger partial charge >= 0.3 is 12.0 Å². The lowest BCUT2D eigenvalue weighted by Gasteiger charge is -2.06. The Morgan fingerprint density at radius 3 is 2.57 bits per heavy atom. The number of hydrogen-bond acceptors (Lipinski definition) is 5. The van der Waals surface area contributed by atoms with E-state index in [0.717, 1.165) is 0 Å². The number of methoxy groups -OCH3 is 1. The molecule has 1 rings (SSSR count). The van der Waals surface area contributed by atoms with E-state index in [4.69, 9.17) is 9.84 Å². The summed E-state index contributed by atoms with van der Waals surface area (Å²) < 4.78 is 4.84. The molecule has 76 valence electrons. The third kappa shape index (κ3) is 1.95. The number of carboxylic acids is 1. The molecule has 0 fully saturated rings. The summed E-state index contributed by atoms with van der Waals surface area (Å²) in [4.78, 5) is 18.7. The number of aromatic carboxylic acids is 1. The van der Waals surface area contributed by atoms with Gasteiger partial charge in [-0.05, 0) is 13.2 Å². The summed E-state index contributed by atoms with van der Waals surface area (Å²) in [5.74, 6) is -1.02. The van der Waals surface area contributed by atoms with Gasteiger partial charge in [-0.1, -0.05) is 0 Å². The second kappa shape index (κ2) is 4.28. The molecule has 5 nitrogen and oxygen atoms in total. The van der Waals surface area contributed by atoms with Crippen molar-refractivity contribution in [1.29, 1.82) is 0 Å². The van der Waals surface area contributed by atoms with Crippen molar-refractivity contribution in [2.24, 2.45) is 0 Å². The molecule has 0 atom stereocenters. The molecule has 1 N–H and O–H groups in total. The van der Waals surface area contributed by atoms with Crippen LogP contribution in [0.5, 0.6) is 6.01 Å². The number of aryl methyl sites for hydroxylation is 1. The molecular weight excluding hydrogens is 204 g/mol. The Balaban J connectivity index is 3.34. The lowest BCUT2D eigenvalue weighted by Crippen LogP contribution is -2.07. The SMILES string of the molecule is COc1nc(C)c(C(=O)O)c(SC)n1. The fourth-order valence-corrected chi connectivity index (χ4v) is 1.62. The van der Waals surface area contributed by atoms with Gasteiger partial charge < -0.3 is 9.84 Å². The van der Waals surface area contributed by atoms with E-state index in [1.165, 1.54) is 18.9 Å². The fourth-order valence-electron chi connectivity index (χ4n) is 1.01. The minimum atomic E-state index is -1.02. The summed E-state index contributed by atoms with van der Waals surface area (Å²) in [6.07, 6.45) is 1.76. The van der Waals surface area contributed by atoms with Crippen LogP contribution in [0, 0.1) is 6.92 Å². The van der Waals surface area contributed by atoms with Crippen molar-refractivity contribution in [3.8, 4) is 6.01 Å². The average Bonchev–Trinajstić information content (AvgIpc) is 2.15. The van der Waals surface area contributed by atoms with E-state index >= 15 is 0 Å². The molecule has 0 saturated heterocycles. The highest BCUT2D eigenvalue weighted by Gasteiger charge is 2.17. The summed E-state index contributed by atoms with van der Waals surface area (Å²) in [5, 5.41) is 9.33. The first-order valence-electron chi connectivity index (χ1n) is 3.80. The van der Waals surface area contributed by atoms with Gasteiger partial charge in [0.15, 0.2) is 0 Å². The van der Waals surface area contributed by atoms with Gasteiger partial charge in [0, 0.05) is 0 Å². The van der Waals surface area contributed by atoms with Gasteiger partial charge in [-0.3, -0.25) is 0 Å². The molecule has 0 aliphatic heterocycles. The predicted molar refractivity (Wildman–Crippen MR) is 52.1 cm³/mol. The van der Waals surface area contributed by atoms with Crippen LogP contribution >= 0.6 is 11.8 Å². The Kier molecular flexibility index (Phi) is 3.29. The first kappa shape index (κ1) is 10.8. The van der Waals surface area contributed by atoms with Crippen LogP contribution in [0.4, 0.5) is 0 Å². The van der Waals surface area contributed by atoms with E-state index in [-0.39, 0.29) is 11.6 Å². The van der Waals surface area contributed by atoms with E-state index in [2.05, 4.69) is 9.97 Å². The Labute approximate surface area is 85.5 Å². The lowest BCUT2D eigenvalue weighted by molar-refractivity contribution is 0.0690. The van der Waals surface area contributed by atoms with Gasteiger partial charge in [-0.25, -0.2) is 4.79 Å². The summed E-state index contributed by atoms with van der Waals surface area (Å²) in [6.45, 7) is 1.62. The molecule has 0 aliphatic rings. The second-order valence-electron chi connectivity index (χ2n) is 2.49. The number of nitrogens with zero attached hydrogens (tertiary/aromatic N) is 2. The first-order valence-corrected chi connectivity index (χ1v) is 5.02. The van der Waals surface area contributed by atoms with Crippen LogP contribution in [0.2, 0.25) is 0 Å². The predicted octanol–water partition coefficient (Wildman–Crippen LogP) is 1.21. The van der Waals surface area contributed by atoms with E-state index in [1.54, 1.807) is 13.2 Å². The van der Waals surface area contributed by atoms with E-state index in [1.807, 2.05) is 0 Å². The zero-order valence-electron chi connectivity index (χ0n) is 8.07. The van der Waals surface area contributed by atoms with Crippen molar-refractivity contribution in [2.75, 3.05) is 13.4 Å². The van der Waals surface area contributed by atoms with Crippen LogP contribution in [0.1, 0.15) is 16.1 Å². The largest absolute Gasteiger partial charge is 0.478 e. The molecular formula is C8H10N2O3S. The zero-order valence-corrected chi connectivity index (χ0v) is 8.88. The number of carboxylic acid groups (broad SMARTS) is 1. The number of aromatic nitrogens is 2. The smallest absolute Gasteiger partial charge is 0.340 e. The molecule has 0 aromatic carbocycles. The Hall–Kier alpha value is -1.30. The van der Waals surface area contributed by atoms with E-state index in [9.17, 15) is 4.79 Å².